The Balaban J connectivity index is 1.07. The second-order valence-corrected chi connectivity index (χ2v) is 15.8. The Morgan fingerprint density at radius 2 is 1.33 bits per heavy atom. The zero-order valence-electron chi connectivity index (χ0n) is 30.3. The number of hydrogen-bond donors (Lipinski definition) is 1. The smallest absolute Gasteiger partial charge is 0.0704 e. The summed E-state index contributed by atoms with van der Waals surface area (Å²) in [5.74, 6) is 5.33. The first kappa shape index (κ1) is 38.3. The highest BCUT2D eigenvalue weighted by atomic mass is 16.6. The van der Waals surface area contributed by atoms with Gasteiger partial charge in [-0.15, -0.1) is 0 Å². The van der Waals surface area contributed by atoms with Gasteiger partial charge >= 0.3 is 0 Å². The molecule has 0 aromatic rings. The van der Waals surface area contributed by atoms with E-state index >= 15 is 0 Å². The summed E-state index contributed by atoms with van der Waals surface area (Å²) in [4.78, 5) is 0. The van der Waals surface area contributed by atoms with Crippen LogP contribution in [0.4, 0.5) is 0 Å². The van der Waals surface area contributed by atoms with Crippen molar-refractivity contribution in [3.05, 3.63) is 11.6 Å². The van der Waals surface area contributed by atoms with Gasteiger partial charge in [-0.25, -0.2) is 0 Å². The number of fused-ring (bicyclic) bond motifs is 5. The van der Waals surface area contributed by atoms with Crippen LogP contribution in [0.3, 0.4) is 0 Å². The normalized spacial score (nSPS) is 33.0. The Morgan fingerprint density at radius 1 is 0.717 bits per heavy atom. The highest BCUT2D eigenvalue weighted by molar-refractivity contribution is 5.25. The number of allylic oxidation sites excluding steroid dienone is 1. The summed E-state index contributed by atoms with van der Waals surface area (Å²) in [6.07, 6.45) is 18.0. The number of aliphatic hydroxyl groups excluding tert-OH is 1. The number of hydrogen-bond acceptors (Lipinski definition) is 7. The van der Waals surface area contributed by atoms with Crippen LogP contribution in [0.1, 0.15) is 105 Å². The van der Waals surface area contributed by atoms with Crippen molar-refractivity contribution >= 4 is 0 Å². The van der Waals surface area contributed by atoms with E-state index in [1.54, 1.807) is 5.57 Å². The third-order valence-electron chi connectivity index (χ3n) is 12.6. The molecule has 268 valence electrons. The van der Waals surface area contributed by atoms with Crippen molar-refractivity contribution in [3.63, 3.8) is 0 Å². The van der Waals surface area contributed by atoms with Gasteiger partial charge in [-0.2, -0.15) is 0 Å². The first-order valence-electron chi connectivity index (χ1n) is 19.1. The predicted molar refractivity (Wildman–Crippen MR) is 184 cm³/mol. The van der Waals surface area contributed by atoms with Gasteiger partial charge in [-0.05, 0) is 97.7 Å². The van der Waals surface area contributed by atoms with Crippen molar-refractivity contribution in [2.24, 2.45) is 46.3 Å². The summed E-state index contributed by atoms with van der Waals surface area (Å²) in [6.45, 7) is 18.6. The van der Waals surface area contributed by atoms with E-state index in [-0.39, 0.29) is 6.61 Å². The summed E-state index contributed by atoms with van der Waals surface area (Å²) < 4.78 is 33.8. The first-order chi connectivity index (χ1) is 22.3. The van der Waals surface area contributed by atoms with Crippen molar-refractivity contribution in [1.82, 2.24) is 0 Å². The summed E-state index contributed by atoms with van der Waals surface area (Å²) in [6, 6.07) is 0. The van der Waals surface area contributed by atoms with Crippen LogP contribution in [0, 0.1) is 46.3 Å². The molecule has 0 aromatic heterocycles. The molecule has 3 fully saturated rings. The molecule has 4 aliphatic carbocycles. The molecule has 0 unspecified atom stereocenters. The highest BCUT2D eigenvalue weighted by Crippen LogP contribution is 2.67. The van der Waals surface area contributed by atoms with Gasteiger partial charge in [-0.1, -0.05) is 65.5 Å². The van der Waals surface area contributed by atoms with Crippen LogP contribution >= 0.6 is 0 Å². The van der Waals surface area contributed by atoms with Crippen molar-refractivity contribution in [3.8, 4) is 0 Å². The average molecular weight is 651 g/mol. The quantitative estimate of drug-likeness (QED) is 0.0908. The third-order valence-corrected chi connectivity index (χ3v) is 12.6. The molecule has 7 heteroatoms. The van der Waals surface area contributed by atoms with Gasteiger partial charge in [-0.3, -0.25) is 0 Å². The molecule has 0 aliphatic heterocycles. The maximum absolute atomic E-state index is 8.64. The summed E-state index contributed by atoms with van der Waals surface area (Å²) in [5, 5.41) is 8.64. The zero-order chi connectivity index (χ0) is 32.8. The minimum Gasteiger partial charge on any atom is -0.394 e. The maximum Gasteiger partial charge on any atom is 0.0704 e. The van der Waals surface area contributed by atoms with E-state index in [0.717, 1.165) is 41.9 Å². The van der Waals surface area contributed by atoms with Crippen molar-refractivity contribution in [2.75, 3.05) is 79.3 Å². The SMILES string of the molecule is CC(C)CCC[C@@H](C)[C@H]1CC[C@H]2[C@@H]3CC=C4C[C@@H](OCCOCCOCCOCCOCCOCCO)CC[C@]4(C)[C@H]3CC[C@]12C. The predicted octanol–water partition coefficient (Wildman–Crippen LogP) is 7.49. The fourth-order valence-electron chi connectivity index (χ4n) is 10.1. The Bertz CT molecular complexity index is 878. The number of ether oxygens (including phenoxy) is 6. The van der Waals surface area contributed by atoms with Gasteiger partial charge in [0, 0.05) is 0 Å². The lowest BCUT2D eigenvalue weighted by Crippen LogP contribution is -2.51. The largest absolute Gasteiger partial charge is 0.394 e. The van der Waals surface area contributed by atoms with E-state index in [1.807, 2.05) is 0 Å². The molecule has 0 spiro atoms. The standard InChI is InChI=1S/C39H70O7/c1-30(2)7-6-8-31(3)35-11-12-36-34-10-9-32-29-33(13-15-38(32,4)37(34)14-16-39(35,36)5)46-28-27-45-26-25-44-24-23-43-22-21-42-20-19-41-18-17-40/h9,30-31,33-37,40H,6-8,10-29H2,1-5H3/t31-,33+,34+,35-,36+,37+,38+,39-/m1/s1. The summed E-state index contributed by atoms with van der Waals surface area (Å²) >= 11 is 0. The van der Waals surface area contributed by atoms with Crippen LogP contribution in [0.15, 0.2) is 11.6 Å². The van der Waals surface area contributed by atoms with Gasteiger partial charge in [0.15, 0.2) is 0 Å². The van der Waals surface area contributed by atoms with E-state index in [9.17, 15) is 0 Å². The number of rotatable bonds is 23. The minimum absolute atomic E-state index is 0.0418. The van der Waals surface area contributed by atoms with Crippen LogP contribution in [0.25, 0.3) is 0 Å². The Morgan fingerprint density at radius 3 is 1.93 bits per heavy atom. The molecular formula is C39H70O7. The molecular weight excluding hydrogens is 580 g/mol. The van der Waals surface area contributed by atoms with E-state index in [4.69, 9.17) is 33.5 Å². The maximum atomic E-state index is 8.64. The molecule has 4 aliphatic rings. The Kier molecular flexibility index (Phi) is 16.3. The van der Waals surface area contributed by atoms with Gasteiger partial charge < -0.3 is 33.5 Å². The molecule has 4 rings (SSSR count). The molecule has 0 amide bonds. The summed E-state index contributed by atoms with van der Waals surface area (Å²) in [5.41, 5.74) is 2.65. The molecule has 7 nitrogen and oxygen atoms in total. The van der Waals surface area contributed by atoms with E-state index in [1.165, 1.54) is 64.2 Å². The molecule has 0 aromatic carbocycles. The topological polar surface area (TPSA) is 75.6 Å². The fourth-order valence-corrected chi connectivity index (χ4v) is 10.1. The fraction of sp³-hybridized carbons (Fsp3) is 0.949. The Hall–Kier alpha value is -0.540. The lowest BCUT2D eigenvalue weighted by molar-refractivity contribution is -0.0692. The van der Waals surface area contributed by atoms with Crippen LogP contribution in [0.2, 0.25) is 0 Å². The van der Waals surface area contributed by atoms with Crippen LogP contribution in [-0.4, -0.2) is 90.5 Å². The van der Waals surface area contributed by atoms with E-state index in [2.05, 4.69) is 40.7 Å². The molecule has 1 N–H and O–H groups in total. The lowest BCUT2D eigenvalue weighted by Gasteiger charge is -2.58. The zero-order valence-corrected chi connectivity index (χ0v) is 30.3. The minimum atomic E-state index is 0.0418. The van der Waals surface area contributed by atoms with Crippen LogP contribution < -0.4 is 0 Å². The van der Waals surface area contributed by atoms with Crippen LogP contribution in [0.5, 0.6) is 0 Å². The molecule has 0 heterocycles. The van der Waals surface area contributed by atoms with Crippen molar-refractivity contribution in [1.29, 1.82) is 0 Å². The second-order valence-electron chi connectivity index (χ2n) is 15.8. The third kappa shape index (κ3) is 10.5. The first-order valence-corrected chi connectivity index (χ1v) is 19.1. The monoisotopic (exact) mass is 651 g/mol. The van der Waals surface area contributed by atoms with Gasteiger partial charge in [0.05, 0.1) is 85.4 Å². The molecule has 0 saturated heterocycles. The molecule has 46 heavy (non-hydrogen) atoms. The molecule has 3 saturated carbocycles. The van der Waals surface area contributed by atoms with E-state index < -0.39 is 0 Å². The van der Waals surface area contributed by atoms with Crippen LogP contribution in [-0.2, 0) is 28.4 Å². The highest BCUT2D eigenvalue weighted by Gasteiger charge is 2.59. The van der Waals surface area contributed by atoms with Gasteiger partial charge in [0.25, 0.3) is 0 Å². The Labute approximate surface area is 281 Å². The second kappa shape index (κ2) is 19.6. The van der Waals surface area contributed by atoms with Crippen molar-refractivity contribution < 1.29 is 33.5 Å². The summed E-state index contributed by atoms with van der Waals surface area (Å²) in [7, 11) is 0. The molecule has 0 radical (unpaired) electrons. The average Bonchev–Trinajstić information content (AvgIpc) is 3.39. The molecule has 0 bridgehead atoms. The lowest BCUT2D eigenvalue weighted by atomic mass is 9.47. The van der Waals surface area contributed by atoms with Gasteiger partial charge in [0.2, 0.25) is 0 Å². The number of aliphatic hydroxyl groups is 1. The molecule has 8 atom stereocenters. The van der Waals surface area contributed by atoms with Gasteiger partial charge in [0.1, 0.15) is 0 Å². The van der Waals surface area contributed by atoms with Crippen molar-refractivity contribution in [2.45, 2.75) is 111 Å². The van der Waals surface area contributed by atoms with E-state index in [0.29, 0.717) is 89.6 Å².